The average Bonchev–Trinajstić information content (AvgIpc) is 3.46. The number of ether oxygens (including phenoxy) is 1. The molecule has 0 bridgehead atoms. The van der Waals surface area contributed by atoms with Gasteiger partial charge in [-0.15, -0.1) is 0 Å². The Hall–Kier alpha value is -2.35. The Morgan fingerprint density at radius 3 is 2.85 bits per heavy atom. The Balaban J connectivity index is 1.24. The van der Waals surface area contributed by atoms with Gasteiger partial charge in [0.05, 0.1) is 11.6 Å². The molecule has 4 nitrogen and oxygen atoms in total. The molecule has 0 spiro atoms. The molecule has 2 aliphatic rings. The van der Waals surface area contributed by atoms with Gasteiger partial charge in [-0.05, 0) is 62.0 Å². The maximum Gasteiger partial charge on any atom is 0.120 e. The van der Waals surface area contributed by atoms with Gasteiger partial charge in [0.1, 0.15) is 12.4 Å². The summed E-state index contributed by atoms with van der Waals surface area (Å²) in [6.45, 7) is 4.92. The number of rotatable bonds is 8. The zero-order valence-electron chi connectivity index (χ0n) is 15.7. The van der Waals surface area contributed by atoms with Gasteiger partial charge in [0, 0.05) is 24.7 Å². The Bertz CT molecular complexity index is 809. The maximum atomic E-state index is 9.18. The molecular weight excluding hydrogens is 334 g/mol. The first-order valence-electron chi connectivity index (χ1n) is 9.96. The number of nitrogens with one attached hydrogen (secondary N) is 1. The SMILES string of the molecule is N#Cc1ccccc1COc1cccc(CNCC2CCN(C3CC3)C2)c1. The van der Waals surface area contributed by atoms with Crippen molar-refractivity contribution in [2.24, 2.45) is 5.92 Å². The van der Waals surface area contributed by atoms with E-state index in [1.165, 1.54) is 37.9 Å². The summed E-state index contributed by atoms with van der Waals surface area (Å²) >= 11 is 0. The minimum absolute atomic E-state index is 0.416. The second kappa shape index (κ2) is 8.56. The van der Waals surface area contributed by atoms with Crippen LogP contribution in [0.1, 0.15) is 36.0 Å². The molecule has 27 heavy (non-hydrogen) atoms. The number of nitrogens with zero attached hydrogens (tertiary/aromatic N) is 2. The maximum absolute atomic E-state index is 9.18. The van der Waals surface area contributed by atoms with Crippen LogP contribution in [0.5, 0.6) is 5.75 Å². The largest absolute Gasteiger partial charge is 0.489 e. The van der Waals surface area contributed by atoms with Crippen LogP contribution in [0, 0.1) is 17.2 Å². The monoisotopic (exact) mass is 361 g/mol. The zero-order valence-corrected chi connectivity index (χ0v) is 15.7. The molecule has 1 heterocycles. The summed E-state index contributed by atoms with van der Waals surface area (Å²) in [5, 5.41) is 12.8. The minimum atomic E-state index is 0.416. The summed E-state index contributed by atoms with van der Waals surface area (Å²) < 4.78 is 5.92. The fraction of sp³-hybridized carbons (Fsp3) is 0.435. The van der Waals surface area contributed by atoms with Crippen LogP contribution in [0.3, 0.4) is 0 Å². The summed E-state index contributed by atoms with van der Waals surface area (Å²) in [4.78, 5) is 2.67. The quantitative estimate of drug-likeness (QED) is 0.779. The summed E-state index contributed by atoms with van der Waals surface area (Å²) in [7, 11) is 0. The lowest BCUT2D eigenvalue weighted by Crippen LogP contribution is -2.27. The first-order chi connectivity index (χ1) is 13.3. The molecule has 2 aromatic rings. The number of hydrogen-bond acceptors (Lipinski definition) is 4. The predicted octanol–water partition coefficient (Wildman–Crippen LogP) is 3.71. The van der Waals surface area contributed by atoms with Gasteiger partial charge >= 0.3 is 0 Å². The molecule has 1 saturated carbocycles. The highest BCUT2D eigenvalue weighted by molar-refractivity contribution is 5.37. The van der Waals surface area contributed by atoms with E-state index in [0.717, 1.165) is 36.4 Å². The van der Waals surface area contributed by atoms with Crippen LogP contribution < -0.4 is 10.1 Å². The van der Waals surface area contributed by atoms with Crippen molar-refractivity contribution in [3.05, 3.63) is 65.2 Å². The van der Waals surface area contributed by atoms with Crippen LogP contribution in [-0.2, 0) is 13.2 Å². The minimum Gasteiger partial charge on any atom is -0.489 e. The van der Waals surface area contributed by atoms with Crippen molar-refractivity contribution in [1.29, 1.82) is 5.26 Å². The number of benzene rings is 2. The number of nitriles is 1. The van der Waals surface area contributed by atoms with E-state index < -0.39 is 0 Å². The fourth-order valence-electron chi connectivity index (χ4n) is 3.88. The van der Waals surface area contributed by atoms with Crippen LogP contribution in [0.25, 0.3) is 0 Å². The Morgan fingerprint density at radius 2 is 2.00 bits per heavy atom. The lowest BCUT2D eigenvalue weighted by molar-refractivity contribution is 0.305. The Morgan fingerprint density at radius 1 is 1.11 bits per heavy atom. The molecule has 1 atom stereocenters. The highest BCUT2D eigenvalue weighted by Gasteiger charge is 2.33. The summed E-state index contributed by atoms with van der Waals surface area (Å²) in [6.07, 6.45) is 4.14. The third kappa shape index (κ3) is 4.88. The molecular formula is C23H27N3O. The highest BCUT2D eigenvalue weighted by atomic mass is 16.5. The Labute approximate surface area is 161 Å². The van der Waals surface area contributed by atoms with Crippen molar-refractivity contribution >= 4 is 0 Å². The van der Waals surface area contributed by atoms with Crippen LogP contribution in [0.4, 0.5) is 0 Å². The fourth-order valence-corrected chi connectivity index (χ4v) is 3.88. The second-order valence-corrected chi connectivity index (χ2v) is 7.72. The molecule has 140 valence electrons. The molecule has 2 fully saturated rings. The standard InChI is InChI=1S/C23H27N3O/c24-13-20-5-1-2-6-21(20)17-27-23-7-3-4-18(12-23)14-25-15-19-10-11-26(16-19)22-8-9-22/h1-7,12,19,22,25H,8-11,14-17H2. The van der Waals surface area contributed by atoms with Gasteiger partial charge in [-0.25, -0.2) is 0 Å². The molecule has 0 radical (unpaired) electrons. The van der Waals surface area contributed by atoms with E-state index >= 15 is 0 Å². The average molecular weight is 361 g/mol. The summed E-state index contributed by atoms with van der Waals surface area (Å²) in [5.41, 5.74) is 2.83. The molecule has 1 N–H and O–H groups in total. The van der Waals surface area contributed by atoms with E-state index in [1.807, 2.05) is 36.4 Å². The summed E-state index contributed by atoms with van der Waals surface area (Å²) in [5.74, 6) is 1.63. The van der Waals surface area contributed by atoms with Crippen LogP contribution in [0.15, 0.2) is 48.5 Å². The third-order valence-electron chi connectivity index (χ3n) is 5.57. The number of hydrogen-bond donors (Lipinski definition) is 1. The molecule has 2 aromatic carbocycles. The third-order valence-corrected chi connectivity index (χ3v) is 5.57. The van der Waals surface area contributed by atoms with E-state index in [4.69, 9.17) is 4.74 Å². The van der Waals surface area contributed by atoms with Crippen molar-refractivity contribution in [2.75, 3.05) is 19.6 Å². The van der Waals surface area contributed by atoms with Crippen LogP contribution in [-0.4, -0.2) is 30.6 Å². The first-order valence-corrected chi connectivity index (χ1v) is 9.96. The van der Waals surface area contributed by atoms with E-state index in [1.54, 1.807) is 0 Å². The van der Waals surface area contributed by atoms with Gasteiger partial charge < -0.3 is 15.0 Å². The van der Waals surface area contributed by atoms with Crippen molar-refractivity contribution < 1.29 is 4.74 Å². The lowest BCUT2D eigenvalue weighted by atomic mass is 10.1. The number of likely N-dealkylation sites (tertiary alicyclic amines) is 1. The molecule has 0 amide bonds. The molecule has 1 saturated heterocycles. The van der Waals surface area contributed by atoms with E-state index in [0.29, 0.717) is 12.2 Å². The van der Waals surface area contributed by atoms with Crippen molar-refractivity contribution in [3.8, 4) is 11.8 Å². The highest BCUT2D eigenvalue weighted by Crippen LogP contribution is 2.31. The molecule has 4 rings (SSSR count). The van der Waals surface area contributed by atoms with Gasteiger partial charge in [0.15, 0.2) is 0 Å². The van der Waals surface area contributed by atoms with E-state index in [2.05, 4.69) is 28.4 Å². The van der Waals surface area contributed by atoms with Gasteiger partial charge in [-0.3, -0.25) is 0 Å². The van der Waals surface area contributed by atoms with Gasteiger partial charge in [-0.1, -0.05) is 30.3 Å². The predicted molar refractivity (Wildman–Crippen MR) is 106 cm³/mol. The van der Waals surface area contributed by atoms with Crippen molar-refractivity contribution in [3.63, 3.8) is 0 Å². The second-order valence-electron chi connectivity index (χ2n) is 7.72. The molecule has 4 heteroatoms. The molecule has 1 aliphatic heterocycles. The molecule has 1 unspecified atom stereocenters. The topological polar surface area (TPSA) is 48.3 Å². The first kappa shape index (κ1) is 18.0. The van der Waals surface area contributed by atoms with Crippen LogP contribution in [0.2, 0.25) is 0 Å². The molecule has 0 aromatic heterocycles. The summed E-state index contributed by atoms with van der Waals surface area (Å²) in [6, 6.07) is 18.9. The van der Waals surface area contributed by atoms with Crippen molar-refractivity contribution in [2.45, 2.75) is 38.5 Å². The zero-order chi connectivity index (χ0) is 18.5. The normalized spacial score (nSPS) is 19.7. The molecule has 1 aliphatic carbocycles. The lowest BCUT2D eigenvalue weighted by Gasteiger charge is -2.15. The van der Waals surface area contributed by atoms with Gasteiger partial charge in [0.25, 0.3) is 0 Å². The van der Waals surface area contributed by atoms with Crippen molar-refractivity contribution in [1.82, 2.24) is 10.2 Å². The Kier molecular flexibility index (Phi) is 5.72. The van der Waals surface area contributed by atoms with Gasteiger partial charge in [-0.2, -0.15) is 5.26 Å². The smallest absolute Gasteiger partial charge is 0.120 e. The van der Waals surface area contributed by atoms with Crippen LogP contribution >= 0.6 is 0 Å². The van der Waals surface area contributed by atoms with E-state index in [-0.39, 0.29) is 0 Å². The van der Waals surface area contributed by atoms with Gasteiger partial charge in [0.2, 0.25) is 0 Å². The van der Waals surface area contributed by atoms with E-state index in [9.17, 15) is 5.26 Å².